The van der Waals surface area contributed by atoms with Crippen molar-refractivity contribution < 1.29 is 0 Å². The van der Waals surface area contributed by atoms with Crippen molar-refractivity contribution in [3.63, 3.8) is 0 Å². The van der Waals surface area contributed by atoms with Crippen molar-refractivity contribution in [2.24, 2.45) is 0 Å². The van der Waals surface area contributed by atoms with Gasteiger partial charge in [0.1, 0.15) is 0 Å². The van der Waals surface area contributed by atoms with Crippen LogP contribution in [0.4, 0.5) is 0 Å². The fourth-order valence-corrected chi connectivity index (χ4v) is 6.54. The Kier molecular flexibility index (Phi) is 4.54. The first-order valence-electron chi connectivity index (χ1n) is 11.2. The van der Waals surface area contributed by atoms with Crippen molar-refractivity contribution in [3.05, 3.63) is 109 Å². The topological polar surface area (TPSA) is 25.8 Å². The summed E-state index contributed by atoms with van der Waals surface area (Å²) in [5.74, 6) is 0.751. The minimum Gasteiger partial charge on any atom is -0.228 e. The van der Waals surface area contributed by atoms with Gasteiger partial charge in [-0.2, -0.15) is 0 Å². The summed E-state index contributed by atoms with van der Waals surface area (Å²) >= 11 is 3.61. The second-order valence-corrected chi connectivity index (χ2v) is 10.5. The summed E-state index contributed by atoms with van der Waals surface area (Å²) in [7, 11) is 0. The summed E-state index contributed by atoms with van der Waals surface area (Å²) in [5, 5.41) is 3.82. The molecule has 0 fully saturated rings. The summed E-state index contributed by atoms with van der Waals surface area (Å²) in [6, 6.07) is 38.4. The number of hydrogen-bond acceptors (Lipinski definition) is 4. The van der Waals surface area contributed by atoms with Crippen molar-refractivity contribution in [2.75, 3.05) is 0 Å². The predicted octanol–water partition coefficient (Wildman–Crippen LogP) is 9.06. The molecule has 4 aromatic carbocycles. The van der Waals surface area contributed by atoms with E-state index in [9.17, 15) is 0 Å². The summed E-state index contributed by atoms with van der Waals surface area (Å²) in [5.41, 5.74) is 4.03. The molecule has 0 unspecified atom stereocenters. The van der Waals surface area contributed by atoms with E-state index >= 15 is 0 Å². The van der Waals surface area contributed by atoms with Crippen LogP contribution in [0.1, 0.15) is 0 Å². The maximum atomic E-state index is 5.02. The number of rotatable bonds is 3. The lowest BCUT2D eigenvalue weighted by molar-refractivity contribution is 1.19. The summed E-state index contributed by atoms with van der Waals surface area (Å²) in [6.07, 6.45) is 0. The zero-order chi connectivity index (χ0) is 22.5. The lowest BCUT2D eigenvalue weighted by atomic mass is 10.1. The molecule has 0 aliphatic carbocycles. The number of hydrogen-bond donors (Lipinski definition) is 0. The standard InChI is InChI=1S/C30H18N2S2/c1-2-8-19(9-3-1)30-31-24(18-25(32-30)29-17-21-10-4-6-12-26(21)33-29)20-14-15-28-23(16-20)22-11-5-7-13-27(22)34-28/h1-18H. The van der Waals surface area contributed by atoms with Crippen LogP contribution in [0.5, 0.6) is 0 Å². The van der Waals surface area contributed by atoms with E-state index in [2.05, 4.69) is 91.0 Å². The van der Waals surface area contributed by atoms with Gasteiger partial charge in [-0.05, 0) is 41.8 Å². The van der Waals surface area contributed by atoms with E-state index in [4.69, 9.17) is 9.97 Å². The van der Waals surface area contributed by atoms with Gasteiger partial charge in [0.2, 0.25) is 0 Å². The van der Waals surface area contributed by atoms with E-state index in [1.54, 1.807) is 11.3 Å². The molecule has 2 nitrogen and oxygen atoms in total. The average Bonchev–Trinajstić information content (AvgIpc) is 3.50. The van der Waals surface area contributed by atoms with Gasteiger partial charge in [-0.3, -0.25) is 0 Å². The Hall–Kier alpha value is -3.86. The lowest BCUT2D eigenvalue weighted by Crippen LogP contribution is -1.95. The van der Waals surface area contributed by atoms with Gasteiger partial charge >= 0.3 is 0 Å². The fraction of sp³-hybridized carbons (Fsp3) is 0. The van der Waals surface area contributed by atoms with Gasteiger partial charge in [-0.15, -0.1) is 22.7 Å². The first-order chi connectivity index (χ1) is 16.8. The molecule has 3 heterocycles. The largest absolute Gasteiger partial charge is 0.228 e. The minimum atomic E-state index is 0.751. The molecule has 7 rings (SSSR count). The zero-order valence-electron chi connectivity index (χ0n) is 18.1. The molecule has 0 aliphatic heterocycles. The molecule has 0 bridgehead atoms. The molecule has 0 aliphatic rings. The minimum absolute atomic E-state index is 0.751. The molecule has 7 aromatic rings. The Morgan fingerprint density at radius 3 is 2.09 bits per heavy atom. The fourth-order valence-electron chi connectivity index (χ4n) is 4.43. The molecule has 3 aromatic heterocycles. The first-order valence-corrected chi connectivity index (χ1v) is 12.8. The molecule has 0 N–H and O–H groups in total. The van der Waals surface area contributed by atoms with Crippen molar-refractivity contribution in [3.8, 4) is 33.2 Å². The Morgan fingerprint density at radius 2 is 1.21 bits per heavy atom. The van der Waals surface area contributed by atoms with Crippen LogP contribution >= 0.6 is 22.7 Å². The second kappa shape index (κ2) is 7.87. The smallest absolute Gasteiger partial charge is 0.160 e. The van der Waals surface area contributed by atoms with Crippen LogP contribution in [0.3, 0.4) is 0 Å². The van der Waals surface area contributed by atoms with Gasteiger partial charge < -0.3 is 0 Å². The van der Waals surface area contributed by atoms with Gasteiger partial charge in [-0.1, -0.05) is 72.8 Å². The van der Waals surface area contributed by atoms with E-state index in [0.717, 1.165) is 33.2 Å². The molecular weight excluding hydrogens is 452 g/mol. The van der Waals surface area contributed by atoms with E-state index < -0.39 is 0 Å². The zero-order valence-corrected chi connectivity index (χ0v) is 19.7. The Morgan fingerprint density at radius 1 is 0.471 bits per heavy atom. The van der Waals surface area contributed by atoms with Crippen molar-refractivity contribution in [1.29, 1.82) is 0 Å². The monoisotopic (exact) mass is 470 g/mol. The Balaban J connectivity index is 1.45. The molecular formula is C30H18N2S2. The van der Waals surface area contributed by atoms with Crippen LogP contribution in [0.25, 0.3) is 63.5 Å². The number of thiophene rings is 2. The van der Waals surface area contributed by atoms with Gasteiger partial charge in [0.15, 0.2) is 5.82 Å². The molecule has 0 radical (unpaired) electrons. The van der Waals surface area contributed by atoms with E-state index in [1.807, 2.05) is 29.5 Å². The van der Waals surface area contributed by atoms with Crippen molar-refractivity contribution >= 4 is 52.9 Å². The molecule has 0 spiro atoms. The maximum Gasteiger partial charge on any atom is 0.160 e. The van der Waals surface area contributed by atoms with Gasteiger partial charge in [-0.25, -0.2) is 9.97 Å². The highest BCUT2D eigenvalue weighted by Gasteiger charge is 2.14. The third-order valence-electron chi connectivity index (χ3n) is 6.11. The highest BCUT2D eigenvalue weighted by molar-refractivity contribution is 7.25. The van der Waals surface area contributed by atoms with Crippen LogP contribution < -0.4 is 0 Å². The highest BCUT2D eigenvalue weighted by Crippen LogP contribution is 2.38. The second-order valence-electron chi connectivity index (χ2n) is 8.29. The van der Waals surface area contributed by atoms with Gasteiger partial charge in [0.05, 0.1) is 16.3 Å². The van der Waals surface area contributed by atoms with Crippen LogP contribution in [-0.4, -0.2) is 9.97 Å². The molecule has 34 heavy (non-hydrogen) atoms. The summed E-state index contributed by atoms with van der Waals surface area (Å²) in [4.78, 5) is 11.2. The van der Waals surface area contributed by atoms with Crippen LogP contribution in [-0.2, 0) is 0 Å². The molecule has 160 valence electrons. The van der Waals surface area contributed by atoms with E-state index in [1.165, 1.54) is 30.3 Å². The summed E-state index contributed by atoms with van der Waals surface area (Å²) in [6.45, 7) is 0. The molecule has 0 saturated carbocycles. The van der Waals surface area contributed by atoms with Crippen molar-refractivity contribution in [1.82, 2.24) is 9.97 Å². The molecule has 4 heteroatoms. The SMILES string of the molecule is c1ccc(-c2nc(-c3ccc4sc5ccccc5c4c3)cc(-c3cc4ccccc4s3)n2)cc1. The van der Waals surface area contributed by atoms with Gasteiger partial charge in [0, 0.05) is 36.0 Å². The van der Waals surface area contributed by atoms with Crippen LogP contribution in [0, 0.1) is 0 Å². The Labute approximate surface area is 204 Å². The third kappa shape index (κ3) is 3.31. The van der Waals surface area contributed by atoms with E-state index in [-0.39, 0.29) is 0 Å². The van der Waals surface area contributed by atoms with Crippen LogP contribution in [0.15, 0.2) is 109 Å². The lowest BCUT2D eigenvalue weighted by Gasteiger charge is -2.08. The first kappa shape index (κ1) is 19.6. The highest BCUT2D eigenvalue weighted by atomic mass is 32.1. The van der Waals surface area contributed by atoms with E-state index in [0.29, 0.717) is 0 Å². The number of benzene rings is 4. The Bertz CT molecular complexity index is 1780. The third-order valence-corrected chi connectivity index (χ3v) is 8.40. The van der Waals surface area contributed by atoms with Crippen LogP contribution in [0.2, 0.25) is 0 Å². The van der Waals surface area contributed by atoms with Gasteiger partial charge in [0.25, 0.3) is 0 Å². The summed E-state index contributed by atoms with van der Waals surface area (Å²) < 4.78 is 3.88. The molecule has 0 atom stereocenters. The maximum absolute atomic E-state index is 5.02. The molecule has 0 amide bonds. The average molecular weight is 471 g/mol. The normalized spacial score (nSPS) is 11.5. The quantitative estimate of drug-likeness (QED) is 0.257. The number of nitrogens with zero attached hydrogens (tertiary/aromatic N) is 2. The number of fused-ring (bicyclic) bond motifs is 4. The van der Waals surface area contributed by atoms with Crippen molar-refractivity contribution in [2.45, 2.75) is 0 Å². The molecule has 0 saturated heterocycles. The number of aromatic nitrogens is 2. The predicted molar refractivity (Wildman–Crippen MR) is 147 cm³/mol.